The van der Waals surface area contributed by atoms with E-state index in [9.17, 15) is 4.79 Å². The SMILES string of the molecule is CCCCC(=O)CC(C)SCCC. The highest BCUT2D eigenvalue weighted by atomic mass is 32.2. The molecule has 0 saturated carbocycles. The third-order valence-corrected chi connectivity index (χ3v) is 3.31. The number of carbonyl (C=O) groups is 1. The van der Waals surface area contributed by atoms with Crippen LogP contribution < -0.4 is 0 Å². The Morgan fingerprint density at radius 1 is 1.31 bits per heavy atom. The van der Waals surface area contributed by atoms with E-state index in [2.05, 4.69) is 20.8 Å². The van der Waals surface area contributed by atoms with Gasteiger partial charge in [0, 0.05) is 18.1 Å². The molecule has 0 saturated heterocycles. The largest absolute Gasteiger partial charge is 0.300 e. The van der Waals surface area contributed by atoms with Crippen LogP contribution in [0, 0.1) is 0 Å². The Hall–Kier alpha value is 0.0200. The molecule has 0 heterocycles. The number of thioether (sulfide) groups is 1. The van der Waals surface area contributed by atoms with Crippen LogP contribution >= 0.6 is 11.8 Å². The minimum absolute atomic E-state index is 0.443. The second-order valence-electron chi connectivity index (χ2n) is 3.53. The predicted molar refractivity (Wildman–Crippen MR) is 61.4 cm³/mol. The predicted octanol–water partition coefficient (Wildman–Crippen LogP) is 3.67. The van der Waals surface area contributed by atoms with Crippen LogP contribution in [0.15, 0.2) is 0 Å². The van der Waals surface area contributed by atoms with E-state index in [-0.39, 0.29) is 0 Å². The molecular formula is C11H22OS. The zero-order chi connectivity index (χ0) is 10.1. The summed E-state index contributed by atoms with van der Waals surface area (Å²) >= 11 is 1.92. The van der Waals surface area contributed by atoms with Gasteiger partial charge >= 0.3 is 0 Å². The first-order valence-electron chi connectivity index (χ1n) is 5.34. The third kappa shape index (κ3) is 8.35. The van der Waals surface area contributed by atoms with E-state index in [0.717, 1.165) is 25.7 Å². The fourth-order valence-corrected chi connectivity index (χ4v) is 2.12. The quantitative estimate of drug-likeness (QED) is 0.597. The molecule has 0 radical (unpaired) electrons. The molecule has 0 amide bonds. The number of hydrogen-bond donors (Lipinski definition) is 0. The normalized spacial score (nSPS) is 12.8. The Morgan fingerprint density at radius 3 is 2.54 bits per heavy atom. The maximum absolute atomic E-state index is 11.4. The van der Waals surface area contributed by atoms with E-state index in [1.54, 1.807) is 0 Å². The third-order valence-electron chi connectivity index (χ3n) is 1.93. The molecule has 13 heavy (non-hydrogen) atoms. The lowest BCUT2D eigenvalue weighted by molar-refractivity contribution is -0.119. The minimum Gasteiger partial charge on any atom is -0.300 e. The van der Waals surface area contributed by atoms with Gasteiger partial charge in [-0.25, -0.2) is 0 Å². The maximum Gasteiger partial charge on any atom is 0.134 e. The summed E-state index contributed by atoms with van der Waals surface area (Å²) in [6.45, 7) is 6.46. The summed E-state index contributed by atoms with van der Waals surface area (Å²) in [6.07, 6.45) is 4.95. The van der Waals surface area contributed by atoms with Crippen molar-refractivity contribution in [2.24, 2.45) is 0 Å². The van der Waals surface area contributed by atoms with Crippen molar-refractivity contribution in [1.29, 1.82) is 0 Å². The first kappa shape index (κ1) is 13.0. The van der Waals surface area contributed by atoms with Crippen molar-refractivity contribution < 1.29 is 4.79 Å². The molecule has 0 bridgehead atoms. The molecule has 2 heteroatoms. The van der Waals surface area contributed by atoms with E-state index >= 15 is 0 Å². The second kappa shape index (κ2) is 8.61. The molecule has 78 valence electrons. The monoisotopic (exact) mass is 202 g/mol. The number of ketones is 1. The topological polar surface area (TPSA) is 17.1 Å². The molecule has 0 aliphatic heterocycles. The van der Waals surface area contributed by atoms with Gasteiger partial charge in [-0.3, -0.25) is 4.79 Å². The standard InChI is InChI=1S/C11H22OS/c1-4-6-7-11(12)9-10(3)13-8-5-2/h10H,4-9H2,1-3H3. The molecule has 0 aliphatic rings. The lowest BCUT2D eigenvalue weighted by Gasteiger charge is -2.08. The number of rotatable bonds is 8. The van der Waals surface area contributed by atoms with Crippen LogP contribution in [0.2, 0.25) is 0 Å². The van der Waals surface area contributed by atoms with Crippen LogP contribution in [-0.4, -0.2) is 16.8 Å². The number of hydrogen-bond acceptors (Lipinski definition) is 2. The highest BCUT2D eigenvalue weighted by molar-refractivity contribution is 7.99. The Labute approximate surface area is 86.7 Å². The highest BCUT2D eigenvalue weighted by Crippen LogP contribution is 2.16. The smallest absolute Gasteiger partial charge is 0.134 e. The zero-order valence-corrected chi connectivity index (χ0v) is 9.95. The number of carbonyl (C=O) groups excluding carboxylic acids is 1. The van der Waals surface area contributed by atoms with Crippen LogP contribution in [0.25, 0.3) is 0 Å². The average molecular weight is 202 g/mol. The molecule has 0 fully saturated rings. The van der Waals surface area contributed by atoms with Gasteiger partial charge in [0.1, 0.15) is 5.78 Å². The number of Topliss-reactive ketones (excluding diaryl/α,β-unsaturated/α-hetero) is 1. The summed E-state index contributed by atoms with van der Waals surface area (Å²) in [5, 5.41) is 0.518. The first-order chi connectivity index (χ1) is 6.20. The minimum atomic E-state index is 0.443. The average Bonchev–Trinajstić information content (AvgIpc) is 2.11. The summed E-state index contributed by atoms with van der Waals surface area (Å²) in [4.78, 5) is 11.4. The van der Waals surface area contributed by atoms with Crippen LogP contribution in [-0.2, 0) is 4.79 Å². The van der Waals surface area contributed by atoms with E-state index in [1.807, 2.05) is 11.8 Å². The van der Waals surface area contributed by atoms with Crippen molar-refractivity contribution in [2.75, 3.05) is 5.75 Å². The van der Waals surface area contributed by atoms with Crippen molar-refractivity contribution in [1.82, 2.24) is 0 Å². The van der Waals surface area contributed by atoms with E-state index < -0.39 is 0 Å². The first-order valence-corrected chi connectivity index (χ1v) is 6.38. The molecule has 0 aliphatic carbocycles. The summed E-state index contributed by atoms with van der Waals surface area (Å²) in [5.41, 5.74) is 0. The van der Waals surface area contributed by atoms with Gasteiger partial charge in [-0.05, 0) is 18.6 Å². The lowest BCUT2D eigenvalue weighted by Crippen LogP contribution is -2.07. The fraction of sp³-hybridized carbons (Fsp3) is 0.909. The summed E-state index contributed by atoms with van der Waals surface area (Å²) in [7, 11) is 0. The van der Waals surface area contributed by atoms with Gasteiger partial charge in [0.25, 0.3) is 0 Å². The molecular weight excluding hydrogens is 180 g/mol. The van der Waals surface area contributed by atoms with Gasteiger partial charge in [0.2, 0.25) is 0 Å². The molecule has 0 aromatic heterocycles. The second-order valence-corrected chi connectivity index (χ2v) is 5.07. The van der Waals surface area contributed by atoms with Crippen LogP contribution in [0.4, 0.5) is 0 Å². The maximum atomic E-state index is 11.4. The highest BCUT2D eigenvalue weighted by Gasteiger charge is 2.08. The molecule has 0 N–H and O–H groups in total. The summed E-state index contributed by atoms with van der Waals surface area (Å²) in [5.74, 6) is 1.63. The van der Waals surface area contributed by atoms with Crippen molar-refractivity contribution in [3.63, 3.8) is 0 Å². The molecule has 1 nitrogen and oxygen atoms in total. The van der Waals surface area contributed by atoms with E-state index in [4.69, 9.17) is 0 Å². The van der Waals surface area contributed by atoms with Crippen LogP contribution in [0.5, 0.6) is 0 Å². The van der Waals surface area contributed by atoms with Gasteiger partial charge in [-0.15, -0.1) is 0 Å². The zero-order valence-electron chi connectivity index (χ0n) is 9.14. The Balaban J connectivity index is 3.41. The van der Waals surface area contributed by atoms with Crippen molar-refractivity contribution >= 4 is 17.5 Å². The van der Waals surface area contributed by atoms with E-state index in [1.165, 1.54) is 12.2 Å². The molecule has 0 spiro atoms. The van der Waals surface area contributed by atoms with Crippen molar-refractivity contribution in [2.45, 2.75) is 58.1 Å². The summed E-state index contributed by atoms with van der Waals surface area (Å²) < 4.78 is 0. The molecule has 0 aromatic carbocycles. The lowest BCUT2D eigenvalue weighted by atomic mass is 10.1. The summed E-state index contributed by atoms with van der Waals surface area (Å²) in [6, 6.07) is 0. The Kier molecular flexibility index (Phi) is 8.62. The fourth-order valence-electron chi connectivity index (χ4n) is 1.17. The molecule has 0 aromatic rings. The Morgan fingerprint density at radius 2 is 2.00 bits per heavy atom. The molecule has 0 rings (SSSR count). The van der Waals surface area contributed by atoms with Crippen molar-refractivity contribution in [3.8, 4) is 0 Å². The van der Waals surface area contributed by atoms with Gasteiger partial charge in [0.05, 0.1) is 0 Å². The van der Waals surface area contributed by atoms with Gasteiger partial charge in [-0.1, -0.05) is 27.2 Å². The Bertz CT molecular complexity index is 134. The number of unbranched alkanes of at least 4 members (excludes halogenated alkanes) is 1. The molecule has 1 atom stereocenters. The van der Waals surface area contributed by atoms with Crippen LogP contribution in [0.1, 0.15) is 52.9 Å². The molecule has 1 unspecified atom stereocenters. The van der Waals surface area contributed by atoms with Crippen molar-refractivity contribution in [3.05, 3.63) is 0 Å². The van der Waals surface area contributed by atoms with E-state index in [0.29, 0.717) is 11.0 Å². The van der Waals surface area contributed by atoms with Gasteiger partial charge < -0.3 is 0 Å². The van der Waals surface area contributed by atoms with Gasteiger partial charge in [-0.2, -0.15) is 11.8 Å². The van der Waals surface area contributed by atoms with Crippen LogP contribution in [0.3, 0.4) is 0 Å². The van der Waals surface area contributed by atoms with Gasteiger partial charge in [0.15, 0.2) is 0 Å².